The van der Waals surface area contributed by atoms with Crippen molar-refractivity contribution in [1.82, 2.24) is 10.2 Å². The van der Waals surface area contributed by atoms with Gasteiger partial charge in [-0.25, -0.2) is 9.59 Å². The maximum Gasteiger partial charge on any atom is 0.408 e. The number of carbonyl (C=O) groups is 3. The van der Waals surface area contributed by atoms with Crippen LogP contribution in [-0.4, -0.2) is 68.8 Å². The second-order valence-corrected chi connectivity index (χ2v) is 8.74. The van der Waals surface area contributed by atoms with Crippen molar-refractivity contribution >= 4 is 23.7 Å². The van der Waals surface area contributed by atoms with Gasteiger partial charge in [-0.15, -0.1) is 0 Å². The predicted octanol–water partition coefficient (Wildman–Crippen LogP) is 3.23. The summed E-state index contributed by atoms with van der Waals surface area (Å²) in [5.74, 6) is -0.299. The number of esters is 1. The summed E-state index contributed by atoms with van der Waals surface area (Å²) in [5.41, 5.74) is 1.91. The molecule has 9 nitrogen and oxygen atoms in total. The van der Waals surface area contributed by atoms with Crippen LogP contribution in [0.4, 0.5) is 10.5 Å². The first-order chi connectivity index (χ1) is 17.4. The Morgan fingerprint density at radius 1 is 0.944 bits per heavy atom. The van der Waals surface area contributed by atoms with Crippen LogP contribution in [-0.2, 0) is 25.7 Å². The molecule has 1 N–H and O–H groups in total. The van der Waals surface area contributed by atoms with Crippen molar-refractivity contribution < 1.29 is 28.6 Å². The van der Waals surface area contributed by atoms with Gasteiger partial charge in [0.05, 0.1) is 7.11 Å². The SMILES string of the molecule is CC[C@@H](C)[C@H](NC(=O)OCc1ccccc1)C(=O)OCC(=O)N1CCN(c2ccc(OC)cc2)CC1. The normalized spacial score (nSPS) is 15.0. The summed E-state index contributed by atoms with van der Waals surface area (Å²) in [6.45, 7) is 5.89. The number of piperazine rings is 1. The van der Waals surface area contributed by atoms with Gasteiger partial charge in [-0.2, -0.15) is 0 Å². The molecule has 0 bridgehead atoms. The van der Waals surface area contributed by atoms with E-state index in [0.717, 1.165) is 17.0 Å². The summed E-state index contributed by atoms with van der Waals surface area (Å²) in [5, 5.41) is 2.60. The Morgan fingerprint density at radius 2 is 1.61 bits per heavy atom. The minimum absolute atomic E-state index is 0.0932. The molecule has 3 rings (SSSR count). The van der Waals surface area contributed by atoms with Gasteiger partial charge < -0.3 is 29.3 Å². The van der Waals surface area contributed by atoms with E-state index in [0.29, 0.717) is 32.6 Å². The van der Waals surface area contributed by atoms with Crippen LogP contribution in [0.15, 0.2) is 54.6 Å². The summed E-state index contributed by atoms with van der Waals surface area (Å²) in [6, 6.07) is 16.2. The number of anilines is 1. The van der Waals surface area contributed by atoms with Crippen molar-refractivity contribution in [2.75, 3.05) is 44.8 Å². The number of nitrogens with zero attached hydrogens (tertiary/aromatic N) is 2. The molecular weight excluding hydrogens is 462 g/mol. The van der Waals surface area contributed by atoms with Gasteiger partial charge in [-0.05, 0) is 35.7 Å². The Labute approximate surface area is 212 Å². The van der Waals surface area contributed by atoms with Gasteiger partial charge in [-0.3, -0.25) is 4.79 Å². The summed E-state index contributed by atoms with van der Waals surface area (Å²) >= 11 is 0. The van der Waals surface area contributed by atoms with Crippen molar-refractivity contribution in [2.45, 2.75) is 32.9 Å². The molecule has 2 atom stereocenters. The fourth-order valence-corrected chi connectivity index (χ4v) is 3.88. The van der Waals surface area contributed by atoms with E-state index in [2.05, 4.69) is 10.2 Å². The van der Waals surface area contributed by atoms with Crippen LogP contribution < -0.4 is 15.0 Å². The molecule has 194 valence electrons. The molecule has 0 aliphatic carbocycles. The average molecular weight is 498 g/mol. The van der Waals surface area contributed by atoms with Crippen LogP contribution in [0.2, 0.25) is 0 Å². The molecular formula is C27H35N3O6. The predicted molar refractivity (Wildman–Crippen MR) is 136 cm³/mol. The topological polar surface area (TPSA) is 97.4 Å². The third-order valence-electron chi connectivity index (χ3n) is 6.36. The quantitative estimate of drug-likeness (QED) is 0.504. The number of methoxy groups -OCH3 is 1. The zero-order chi connectivity index (χ0) is 25.9. The molecule has 1 saturated heterocycles. The average Bonchev–Trinajstić information content (AvgIpc) is 2.93. The van der Waals surface area contributed by atoms with E-state index in [4.69, 9.17) is 14.2 Å². The maximum absolute atomic E-state index is 12.7. The lowest BCUT2D eigenvalue weighted by Gasteiger charge is -2.36. The molecule has 1 aliphatic heterocycles. The van der Waals surface area contributed by atoms with Crippen molar-refractivity contribution in [1.29, 1.82) is 0 Å². The standard InChI is InChI=1S/C27H35N3O6/c1-4-20(2)25(28-27(33)36-18-21-8-6-5-7-9-21)26(32)35-19-24(31)30-16-14-29(15-17-30)22-10-12-23(34-3)13-11-22/h5-13,20,25H,4,14-19H2,1-3H3,(H,28,33)/t20-,25+/m1/s1. The zero-order valence-corrected chi connectivity index (χ0v) is 21.1. The van der Waals surface area contributed by atoms with Gasteiger partial charge in [0, 0.05) is 31.9 Å². The lowest BCUT2D eigenvalue weighted by molar-refractivity contribution is -0.154. The number of amides is 2. The van der Waals surface area contributed by atoms with E-state index in [1.165, 1.54) is 0 Å². The number of benzene rings is 2. The third kappa shape index (κ3) is 7.63. The summed E-state index contributed by atoms with van der Waals surface area (Å²) in [6.07, 6.45) is -0.0675. The summed E-state index contributed by atoms with van der Waals surface area (Å²) < 4.78 is 15.8. The molecule has 0 aromatic heterocycles. The van der Waals surface area contributed by atoms with Crippen LogP contribution in [0, 0.1) is 5.92 Å². The highest BCUT2D eigenvalue weighted by Crippen LogP contribution is 2.20. The molecule has 0 unspecified atom stereocenters. The Balaban J connectivity index is 1.45. The summed E-state index contributed by atoms with van der Waals surface area (Å²) in [4.78, 5) is 41.6. The van der Waals surface area contributed by atoms with E-state index in [9.17, 15) is 14.4 Å². The molecule has 36 heavy (non-hydrogen) atoms. The first-order valence-corrected chi connectivity index (χ1v) is 12.2. The number of ether oxygens (including phenoxy) is 3. The molecule has 0 spiro atoms. The molecule has 0 saturated carbocycles. The highest BCUT2D eigenvalue weighted by atomic mass is 16.6. The highest BCUT2D eigenvalue weighted by Gasteiger charge is 2.29. The molecule has 2 aromatic rings. The van der Waals surface area contributed by atoms with E-state index in [-0.39, 0.29) is 25.0 Å². The van der Waals surface area contributed by atoms with Crippen molar-refractivity contribution in [3.63, 3.8) is 0 Å². The van der Waals surface area contributed by atoms with Crippen LogP contribution in [0.1, 0.15) is 25.8 Å². The number of hydrogen-bond donors (Lipinski definition) is 1. The minimum Gasteiger partial charge on any atom is -0.497 e. The van der Waals surface area contributed by atoms with Crippen LogP contribution in [0.3, 0.4) is 0 Å². The molecule has 1 fully saturated rings. The van der Waals surface area contributed by atoms with Gasteiger partial charge in [0.1, 0.15) is 18.4 Å². The highest BCUT2D eigenvalue weighted by molar-refractivity contribution is 5.85. The number of rotatable bonds is 10. The number of carbonyl (C=O) groups excluding carboxylic acids is 3. The molecule has 9 heteroatoms. The van der Waals surface area contributed by atoms with Gasteiger partial charge in [0.2, 0.25) is 0 Å². The fraction of sp³-hybridized carbons (Fsp3) is 0.444. The second-order valence-electron chi connectivity index (χ2n) is 8.74. The van der Waals surface area contributed by atoms with Gasteiger partial charge in [0.25, 0.3) is 5.91 Å². The van der Waals surface area contributed by atoms with Crippen molar-refractivity contribution in [3.8, 4) is 5.75 Å². The Morgan fingerprint density at radius 3 is 2.22 bits per heavy atom. The van der Waals surface area contributed by atoms with E-state index in [1.807, 2.05) is 68.4 Å². The maximum atomic E-state index is 12.7. The molecule has 1 heterocycles. The van der Waals surface area contributed by atoms with Crippen LogP contribution >= 0.6 is 0 Å². The second kappa shape index (κ2) is 13.4. The number of nitrogens with one attached hydrogen (secondary N) is 1. The largest absolute Gasteiger partial charge is 0.497 e. The van der Waals surface area contributed by atoms with Gasteiger partial charge in [-0.1, -0.05) is 50.6 Å². The van der Waals surface area contributed by atoms with Gasteiger partial charge >= 0.3 is 12.1 Å². The number of alkyl carbamates (subject to hydrolysis) is 1. The molecule has 1 aliphatic rings. The van der Waals surface area contributed by atoms with Crippen LogP contribution in [0.25, 0.3) is 0 Å². The Bertz CT molecular complexity index is 990. The van der Waals surface area contributed by atoms with E-state index >= 15 is 0 Å². The third-order valence-corrected chi connectivity index (χ3v) is 6.36. The first kappa shape index (κ1) is 26.8. The molecule has 2 aromatic carbocycles. The minimum atomic E-state index is -0.905. The molecule has 2 amide bonds. The smallest absolute Gasteiger partial charge is 0.408 e. The summed E-state index contributed by atoms with van der Waals surface area (Å²) in [7, 11) is 1.63. The Hall–Kier alpha value is -3.75. The van der Waals surface area contributed by atoms with E-state index in [1.54, 1.807) is 12.0 Å². The van der Waals surface area contributed by atoms with E-state index < -0.39 is 18.1 Å². The van der Waals surface area contributed by atoms with Crippen molar-refractivity contribution in [2.24, 2.45) is 5.92 Å². The lowest BCUT2D eigenvalue weighted by Crippen LogP contribution is -2.51. The molecule has 0 radical (unpaired) electrons. The monoisotopic (exact) mass is 497 g/mol. The fourth-order valence-electron chi connectivity index (χ4n) is 3.88. The lowest BCUT2D eigenvalue weighted by atomic mass is 9.99. The van der Waals surface area contributed by atoms with Crippen molar-refractivity contribution in [3.05, 3.63) is 60.2 Å². The zero-order valence-electron chi connectivity index (χ0n) is 21.1. The van der Waals surface area contributed by atoms with Gasteiger partial charge in [0.15, 0.2) is 6.61 Å². The first-order valence-electron chi connectivity index (χ1n) is 12.2. The number of hydrogen-bond acceptors (Lipinski definition) is 7. The van der Waals surface area contributed by atoms with Crippen LogP contribution in [0.5, 0.6) is 5.75 Å². The Kier molecular flexibility index (Phi) is 9.97.